The Morgan fingerprint density at radius 1 is 1.28 bits per heavy atom. The highest BCUT2D eigenvalue weighted by Crippen LogP contribution is 2.38. The van der Waals surface area contributed by atoms with Gasteiger partial charge in [-0.3, -0.25) is 4.90 Å². The zero-order valence-electron chi connectivity index (χ0n) is 15.0. The molecule has 2 aliphatic rings. The summed E-state index contributed by atoms with van der Waals surface area (Å²) >= 11 is 0. The van der Waals surface area contributed by atoms with E-state index >= 15 is 0 Å². The van der Waals surface area contributed by atoms with Gasteiger partial charge < -0.3 is 14.1 Å². The molecule has 2 aromatic heterocycles. The van der Waals surface area contributed by atoms with Gasteiger partial charge in [0, 0.05) is 31.5 Å². The van der Waals surface area contributed by atoms with E-state index in [0.717, 1.165) is 62.8 Å². The average Bonchev–Trinajstić information content (AvgIpc) is 3.27. The van der Waals surface area contributed by atoms with Crippen molar-refractivity contribution < 1.29 is 9.15 Å². The lowest BCUT2D eigenvalue weighted by atomic mass is 9.87. The summed E-state index contributed by atoms with van der Waals surface area (Å²) in [7, 11) is 2.16. The van der Waals surface area contributed by atoms with E-state index in [4.69, 9.17) is 9.15 Å². The van der Waals surface area contributed by atoms with E-state index < -0.39 is 0 Å². The van der Waals surface area contributed by atoms with Crippen LogP contribution in [0.3, 0.4) is 0 Å². The van der Waals surface area contributed by atoms with Crippen LogP contribution in [-0.4, -0.2) is 53.3 Å². The number of aromatic nitrogens is 2. The van der Waals surface area contributed by atoms with Crippen LogP contribution in [0.25, 0.3) is 0 Å². The molecule has 2 saturated heterocycles. The zero-order chi connectivity index (χ0) is 17.3. The van der Waals surface area contributed by atoms with Crippen LogP contribution in [0.15, 0.2) is 35.2 Å². The number of rotatable bonds is 4. The molecule has 0 saturated carbocycles. The Morgan fingerprint density at radius 2 is 2.04 bits per heavy atom. The molecule has 0 bridgehead atoms. The Hall–Kier alpha value is -1.92. The van der Waals surface area contributed by atoms with Crippen molar-refractivity contribution in [1.82, 2.24) is 14.9 Å². The Labute approximate surface area is 148 Å². The molecule has 2 aliphatic heterocycles. The normalized spacial score (nSPS) is 22.8. The molecule has 0 aromatic carbocycles. The lowest BCUT2D eigenvalue weighted by molar-refractivity contribution is -0.0159. The third-order valence-corrected chi connectivity index (χ3v) is 5.52. The van der Waals surface area contributed by atoms with Gasteiger partial charge in [0.05, 0.1) is 25.0 Å². The summed E-state index contributed by atoms with van der Waals surface area (Å²) in [4.78, 5) is 13.5. The van der Waals surface area contributed by atoms with E-state index in [9.17, 15) is 0 Å². The first kappa shape index (κ1) is 16.5. The Bertz CT molecular complexity index is 678. The molecular weight excluding hydrogens is 316 g/mol. The fourth-order valence-corrected chi connectivity index (χ4v) is 3.89. The minimum Gasteiger partial charge on any atom is -0.468 e. The third kappa shape index (κ3) is 3.55. The maximum Gasteiger partial charge on any atom is 0.225 e. The maximum atomic E-state index is 6.30. The van der Waals surface area contributed by atoms with Gasteiger partial charge in [-0.25, -0.2) is 9.97 Å². The first-order valence-electron chi connectivity index (χ1n) is 9.04. The van der Waals surface area contributed by atoms with Gasteiger partial charge in [-0.2, -0.15) is 0 Å². The van der Waals surface area contributed by atoms with Crippen molar-refractivity contribution in [2.75, 3.05) is 31.6 Å². The smallest absolute Gasteiger partial charge is 0.225 e. The number of hydrogen-bond donors (Lipinski definition) is 0. The summed E-state index contributed by atoms with van der Waals surface area (Å²) in [5, 5.41) is 0. The highest BCUT2D eigenvalue weighted by molar-refractivity contribution is 5.31. The summed E-state index contributed by atoms with van der Waals surface area (Å²) in [5.74, 6) is 1.85. The molecule has 0 N–H and O–H groups in total. The fraction of sp³-hybridized carbons (Fsp3) is 0.579. The number of furan rings is 1. The summed E-state index contributed by atoms with van der Waals surface area (Å²) in [6.07, 6.45) is 8.67. The van der Waals surface area contributed by atoms with E-state index in [1.165, 1.54) is 0 Å². The molecule has 2 aromatic rings. The van der Waals surface area contributed by atoms with Crippen molar-refractivity contribution in [2.45, 2.75) is 44.4 Å². The van der Waals surface area contributed by atoms with E-state index in [1.807, 2.05) is 31.5 Å². The molecule has 1 atom stereocenters. The van der Waals surface area contributed by atoms with Crippen molar-refractivity contribution in [3.63, 3.8) is 0 Å². The summed E-state index contributed by atoms with van der Waals surface area (Å²) < 4.78 is 11.8. The summed E-state index contributed by atoms with van der Waals surface area (Å²) in [6, 6.07) is 4.42. The monoisotopic (exact) mass is 342 g/mol. The average molecular weight is 342 g/mol. The van der Waals surface area contributed by atoms with Crippen molar-refractivity contribution in [3.05, 3.63) is 42.1 Å². The second kappa shape index (κ2) is 6.77. The predicted octanol–water partition coefficient (Wildman–Crippen LogP) is 2.64. The van der Waals surface area contributed by atoms with Gasteiger partial charge in [0.2, 0.25) is 5.95 Å². The lowest BCUT2D eigenvalue weighted by Gasteiger charge is -2.38. The van der Waals surface area contributed by atoms with Crippen LogP contribution in [0.5, 0.6) is 0 Å². The first-order chi connectivity index (χ1) is 12.1. The SMILES string of the molecule is Cc1cnc(N2CCC3(CC2)C[C@@H](N(C)Cc2ccco2)CO3)nc1. The van der Waals surface area contributed by atoms with Crippen LogP contribution in [-0.2, 0) is 11.3 Å². The highest BCUT2D eigenvalue weighted by atomic mass is 16.5. The van der Waals surface area contributed by atoms with Gasteiger partial charge in [0.25, 0.3) is 0 Å². The number of nitrogens with zero attached hydrogens (tertiary/aromatic N) is 4. The van der Waals surface area contributed by atoms with E-state index in [0.29, 0.717) is 6.04 Å². The largest absolute Gasteiger partial charge is 0.468 e. The van der Waals surface area contributed by atoms with Crippen LogP contribution < -0.4 is 4.90 Å². The third-order valence-electron chi connectivity index (χ3n) is 5.52. The Balaban J connectivity index is 1.33. The summed E-state index contributed by atoms with van der Waals surface area (Å²) in [5.41, 5.74) is 1.11. The molecule has 0 unspecified atom stereocenters. The van der Waals surface area contributed by atoms with E-state index in [-0.39, 0.29) is 5.60 Å². The Kier molecular flexibility index (Phi) is 4.48. The lowest BCUT2D eigenvalue weighted by Crippen LogP contribution is -2.45. The maximum absolute atomic E-state index is 6.30. The molecule has 4 rings (SSSR count). The first-order valence-corrected chi connectivity index (χ1v) is 9.04. The molecular formula is C19H26N4O2. The number of likely N-dealkylation sites (N-methyl/N-ethyl adjacent to an activating group) is 1. The van der Waals surface area contributed by atoms with Gasteiger partial charge in [0.1, 0.15) is 5.76 Å². The second-order valence-electron chi connectivity index (χ2n) is 7.39. The minimum atomic E-state index is 0.0172. The molecule has 6 nitrogen and oxygen atoms in total. The van der Waals surface area contributed by atoms with Gasteiger partial charge in [0.15, 0.2) is 0 Å². The van der Waals surface area contributed by atoms with Gasteiger partial charge >= 0.3 is 0 Å². The molecule has 1 spiro atoms. The molecule has 0 amide bonds. The van der Waals surface area contributed by atoms with Crippen LogP contribution in [0.2, 0.25) is 0 Å². The highest BCUT2D eigenvalue weighted by Gasteiger charge is 2.44. The van der Waals surface area contributed by atoms with Crippen LogP contribution in [0.1, 0.15) is 30.6 Å². The topological polar surface area (TPSA) is 54.6 Å². The second-order valence-corrected chi connectivity index (χ2v) is 7.39. The number of piperidine rings is 1. The number of aryl methyl sites for hydroxylation is 1. The van der Waals surface area contributed by atoms with Crippen molar-refractivity contribution in [3.8, 4) is 0 Å². The summed E-state index contributed by atoms with van der Waals surface area (Å²) in [6.45, 7) is 5.56. The fourth-order valence-electron chi connectivity index (χ4n) is 3.89. The quantitative estimate of drug-likeness (QED) is 0.851. The minimum absolute atomic E-state index is 0.0172. The zero-order valence-corrected chi connectivity index (χ0v) is 15.0. The number of ether oxygens (including phenoxy) is 1. The standard InChI is InChI=1S/C19H26N4O2/c1-15-11-20-18(21-12-15)23-7-5-19(6-8-23)10-16(14-25-19)22(2)13-17-4-3-9-24-17/h3-4,9,11-12,16H,5-8,10,13-14H2,1-2H3/t16-/m1/s1. The molecule has 134 valence electrons. The van der Waals surface area contributed by atoms with Gasteiger partial charge in [-0.15, -0.1) is 0 Å². The van der Waals surface area contributed by atoms with Gasteiger partial charge in [-0.1, -0.05) is 0 Å². The van der Waals surface area contributed by atoms with Crippen LogP contribution in [0.4, 0.5) is 5.95 Å². The molecule has 0 radical (unpaired) electrons. The Morgan fingerprint density at radius 3 is 2.72 bits per heavy atom. The molecule has 4 heterocycles. The molecule has 6 heteroatoms. The van der Waals surface area contributed by atoms with Crippen molar-refractivity contribution >= 4 is 5.95 Å². The predicted molar refractivity (Wildman–Crippen MR) is 95.5 cm³/mol. The van der Waals surface area contributed by atoms with Crippen LogP contribution >= 0.6 is 0 Å². The van der Waals surface area contributed by atoms with E-state index in [2.05, 4.69) is 26.8 Å². The van der Waals surface area contributed by atoms with Crippen molar-refractivity contribution in [2.24, 2.45) is 0 Å². The number of hydrogen-bond acceptors (Lipinski definition) is 6. The van der Waals surface area contributed by atoms with Crippen LogP contribution in [0, 0.1) is 6.92 Å². The van der Waals surface area contributed by atoms with E-state index in [1.54, 1.807) is 6.26 Å². The van der Waals surface area contributed by atoms with Gasteiger partial charge in [-0.05, 0) is 50.9 Å². The van der Waals surface area contributed by atoms with Crippen molar-refractivity contribution in [1.29, 1.82) is 0 Å². The molecule has 25 heavy (non-hydrogen) atoms. The molecule has 2 fully saturated rings. The number of anilines is 1. The molecule has 0 aliphatic carbocycles.